The lowest BCUT2D eigenvalue weighted by Crippen LogP contribution is -2.25. The molecule has 2 rings (SSSR count). The zero-order valence-electron chi connectivity index (χ0n) is 11.0. The third kappa shape index (κ3) is 2.96. The maximum atomic E-state index is 13.3. The fourth-order valence-electron chi connectivity index (χ4n) is 1.73. The second kappa shape index (κ2) is 5.57. The van der Waals surface area contributed by atoms with Gasteiger partial charge in [-0.1, -0.05) is 0 Å². The average Bonchev–Trinajstić information content (AvgIpc) is 2.84. The summed E-state index contributed by atoms with van der Waals surface area (Å²) in [6.07, 6.45) is 3.25. The Morgan fingerprint density at radius 3 is 2.86 bits per heavy atom. The number of nitrogens with two attached hydrogens (primary N) is 1. The van der Waals surface area contributed by atoms with E-state index in [0.29, 0.717) is 11.9 Å². The lowest BCUT2D eigenvalue weighted by molar-refractivity contribution is -0.385. The smallest absolute Gasteiger partial charge is 0.285 e. The van der Waals surface area contributed by atoms with E-state index in [-0.39, 0.29) is 17.8 Å². The Balaban J connectivity index is 2.24. The van der Waals surface area contributed by atoms with Gasteiger partial charge in [-0.25, -0.2) is 9.37 Å². The summed E-state index contributed by atoms with van der Waals surface area (Å²) in [6, 6.07) is 1.58. The van der Waals surface area contributed by atoms with Crippen LogP contribution in [0.5, 0.6) is 0 Å². The van der Waals surface area contributed by atoms with Crippen LogP contribution in [0.25, 0.3) is 0 Å². The van der Waals surface area contributed by atoms with Gasteiger partial charge in [-0.2, -0.15) is 0 Å². The van der Waals surface area contributed by atoms with Gasteiger partial charge in [0.15, 0.2) is 5.82 Å². The lowest BCUT2D eigenvalue weighted by atomic mass is 10.1. The summed E-state index contributed by atoms with van der Waals surface area (Å²) in [5.41, 5.74) is 4.08. The molecule has 0 atom stereocenters. The van der Waals surface area contributed by atoms with Crippen LogP contribution in [0.1, 0.15) is 16.2 Å². The van der Waals surface area contributed by atoms with Crippen LogP contribution in [-0.4, -0.2) is 20.4 Å². The molecule has 0 spiro atoms. The predicted octanol–water partition coefficient (Wildman–Crippen LogP) is 0.980. The largest absolute Gasteiger partial charge is 0.396 e. The molecule has 8 nitrogen and oxygen atoms in total. The minimum Gasteiger partial charge on any atom is -0.396 e. The Morgan fingerprint density at radius 2 is 2.29 bits per heavy atom. The van der Waals surface area contributed by atoms with E-state index in [1.165, 1.54) is 0 Å². The van der Waals surface area contributed by atoms with E-state index in [0.717, 1.165) is 6.07 Å². The number of rotatable bonds is 4. The van der Waals surface area contributed by atoms with E-state index in [9.17, 15) is 19.3 Å². The van der Waals surface area contributed by atoms with Gasteiger partial charge in [0.2, 0.25) is 0 Å². The number of nitrogens with zero attached hydrogens (tertiary/aromatic N) is 3. The first-order chi connectivity index (χ1) is 9.90. The van der Waals surface area contributed by atoms with Crippen molar-refractivity contribution >= 4 is 17.3 Å². The van der Waals surface area contributed by atoms with Crippen LogP contribution in [0, 0.1) is 15.9 Å². The number of halogens is 1. The topological polar surface area (TPSA) is 116 Å². The molecule has 1 aromatic carbocycles. The molecule has 1 amide bonds. The van der Waals surface area contributed by atoms with Crippen molar-refractivity contribution < 1.29 is 14.1 Å². The summed E-state index contributed by atoms with van der Waals surface area (Å²) in [6.45, 7) is 0.0801. The number of aromatic nitrogens is 2. The van der Waals surface area contributed by atoms with E-state index < -0.39 is 22.3 Å². The lowest BCUT2D eigenvalue weighted by Gasteiger charge is -2.07. The molecule has 0 unspecified atom stereocenters. The standard InChI is InChI=1S/C12H12FN5O3/c1-17-3-2-15-11(17)6-16-12(19)7-4-9(14)8(13)5-10(7)18(20)21/h2-5H,6,14H2,1H3,(H,16,19). The van der Waals surface area contributed by atoms with Crippen LogP contribution in [0.2, 0.25) is 0 Å². The molecule has 0 fully saturated rings. The first-order valence-electron chi connectivity index (χ1n) is 5.88. The summed E-state index contributed by atoms with van der Waals surface area (Å²) >= 11 is 0. The van der Waals surface area contributed by atoms with Gasteiger partial charge >= 0.3 is 0 Å². The fraction of sp³-hybridized carbons (Fsp3) is 0.167. The van der Waals surface area contributed by atoms with Crippen molar-refractivity contribution in [2.24, 2.45) is 7.05 Å². The highest BCUT2D eigenvalue weighted by atomic mass is 19.1. The second-order valence-electron chi connectivity index (χ2n) is 4.29. The molecule has 2 aromatic rings. The number of aryl methyl sites for hydroxylation is 1. The number of nitrogen functional groups attached to an aromatic ring is 1. The van der Waals surface area contributed by atoms with Gasteiger partial charge in [0.25, 0.3) is 11.6 Å². The van der Waals surface area contributed by atoms with Crippen molar-refractivity contribution in [2.75, 3.05) is 5.73 Å². The summed E-state index contributed by atoms with van der Waals surface area (Å²) in [4.78, 5) is 26.1. The Bertz CT molecular complexity index is 713. The van der Waals surface area contributed by atoms with Crippen LogP contribution in [0.15, 0.2) is 24.5 Å². The maximum Gasteiger partial charge on any atom is 0.285 e. The van der Waals surface area contributed by atoms with E-state index in [1.807, 2.05) is 0 Å². The van der Waals surface area contributed by atoms with Crippen molar-refractivity contribution in [3.8, 4) is 0 Å². The Labute approximate surface area is 118 Å². The highest BCUT2D eigenvalue weighted by molar-refractivity contribution is 5.99. The number of nitrogens with one attached hydrogen (secondary N) is 1. The molecule has 0 aliphatic heterocycles. The number of nitro benzene ring substituents is 1. The van der Waals surface area contributed by atoms with Gasteiger partial charge in [0, 0.05) is 19.4 Å². The van der Waals surface area contributed by atoms with Crippen LogP contribution >= 0.6 is 0 Å². The van der Waals surface area contributed by atoms with Gasteiger partial charge in [-0.05, 0) is 6.07 Å². The molecule has 0 aliphatic carbocycles. The molecular formula is C12H12FN5O3. The molecule has 0 saturated heterocycles. The Morgan fingerprint density at radius 1 is 1.57 bits per heavy atom. The summed E-state index contributed by atoms with van der Waals surface area (Å²) in [5, 5.41) is 13.4. The summed E-state index contributed by atoms with van der Waals surface area (Å²) < 4.78 is 15.0. The van der Waals surface area contributed by atoms with E-state index in [4.69, 9.17) is 5.73 Å². The van der Waals surface area contributed by atoms with Gasteiger partial charge < -0.3 is 15.6 Å². The number of amides is 1. The second-order valence-corrected chi connectivity index (χ2v) is 4.29. The number of carbonyl (C=O) groups excluding carboxylic acids is 1. The normalized spacial score (nSPS) is 10.4. The molecular weight excluding hydrogens is 281 g/mol. The number of hydrogen-bond donors (Lipinski definition) is 2. The molecule has 0 aliphatic rings. The minimum absolute atomic E-state index is 0.0801. The number of anilines is 1. The summed E-state index contributed by atoms with van der Waals surface area (Å²) in [7, 11) is 1.74. The van der Waals surface area contributed by atoms with Crippen molar-refractivity contribution in [2.45, 2.75) is 6.54 Å². The van der Waals surface area contributed by atoms with Crippen LogP contribution < -0.4 is 11.1 Å². The molecule has 1 aromatic heterocycles. The Kier molecular flexibility index (Phi) is 3.83. The van der Waals surface area contributed by atoms with E-state index in [1.54, 1.807) is 24.0 Å². The molecule has 3 N–H and O–H groups in total. The van der Waals surface area contributed by atoms with E-state index in [2.05, 4.69) is 10.3 Å². The first kappa shape index (κ1) is 14.4. The Hall–Kier alpha value is -2.97. The van der Waals surface area contributed by atoms with Gasteiger partial charge in [-0.3, -0.25) is 14.9 Å². The number of carbonyl (C=O) groups is 1. The average molecular weight is 293 g/mol. The highest BCUT2D eigenvalue weighted by Crippen LogP contribution is 2.24. The molecule has 0 radical (unpaired) electrons. The zero-order chi connectivity index (χ0) is 15.6. The highest BCUT2D eigenvalue weighted by Gasteiger charge is 2.23. The number of imidazole rings is 1. The SMILES string of the molecule is Cn1ccnc1CNC(=O)c1cc(N)c(F)cc1[N+](=O)[O-]. The number of hydrogen-bond acceptors (Lipinski definition) is 5. The number of nitro groups is 1. The van der Waals surface area contributed by atoms with Gasteiger partial charge in [0.1, 0.15) is 11.4 Å². The third-order valence-electron chi connectivity index (χ3n) is 2.88. The predicted molar refractivity (Wildman–Crippen MR) is 71.8 cm³/mol. The van der Waals surface area contributed by atoms with Crippen LogP contribution in [0.4, 0.5) is 15.8 Å². The molecule has 21 heavy (non-hydrogen) atoms. The first-order valence-corrected chi connectivity index (χ1v) is 5.88. The quantitative estimate of drug-likeness (QED) is 0.495. The van der Waals surface area contributed by atoms with Gasteiger partial charge in [0.05, 0.1) is 23.2 Å². The number of benzene rings is 1. The molecule has 0 saturated carbocycles. The van der Waals surface area contributed by atoms with Gasteiger partial charge in [-0.15, -0.1) is 0 Å². The van der Waals surface area contributed by atoms with Crippen molar-refractivity contribution in [3.63, 3.8) is 0 Å². The maximum absolute atomic E-state index is 13.3. The summed E-state index contributed by atoms with van der Waals surface area (Å²) in [5.74, 6) is -1.10. The third-order valence-corrected chi connectivity index (χ3v) is 2.88. The fourth-order valence-corrected chi connectivity index (χ4v) is 1.73. The van der Waals surface area contributed by atoms with Crippen molar-refractivity contribution in [3.05, 3.63) is 51.8 Å². The van der Waals surface area contributed by atoms with Crippen LogP contribution in [0.3, 0.4) is 0 Å². The van der Waals surface area contributed by atoms with Crippen molar-refractivity contribution in [1.82, 2.24) is 14.9 Å². The zero-order valence-corrected chi connectivity index (χ0v) is 11.0. The molecule has 0 bridgehead atoms. The van der Waals surface area contributed by atoms with E-state index >= 15 is 0 Å². The van der Waals surface area contributed by atoms with Crippen LogP contribution in [-0.2, 0) is 13.6 Å². The molecule has 110 valence electrons. The molecule has 1 heterocycles. The molecule has 9 heteroatoms. The monoisotopic (exact) mass is 293 g/mol. The minimum atomic E-state index is -0.942. The van der Waals surface area contributed by atoms with Crippen molar-refractivity contribution in [1.29, 1.82) is 0 Å².